The van der Waals surface area contributed by atoms with Crippen molar-refractivity contribution >= 4 is 11.8 Å². The fraction of sp³-hybridized carbons (Fsp3) is 0.571. The Hall–Kier alpha value is -2.21. The minimum Gasteiger partial charge on any atom is -0.352 e. The monoisotopic (exact) mass is 370 g/mol. The lowest BCUT2D eigenvalue weighted by Crippen LogP contribution is -2.55. The molecular weight excluding hydrogens is 340 g/mol. The van der Waals surface area contributed by atoms with Gasteiger partial charge in [-0.1, -0.05) is 12.1 Å². The molecule has 3 rings (SSSR count). The number of rotatable bonds is 7. The molecule has 6 nitrogen and oxygen atoms in total. The van der Waals surface area contributed by atoms with Crippen LogP contribution < -0.4 is 5.32 Å². The molecule has 2 fully saturated rings. The molecule has 2 saturated heterocycles. The van der Waals surface area contributed by atoms with Gasteiger partial charge in [0.1, 0.15) is 0 Å². The van der Waals surface area contributed by atoms with Gasteiger partial charge >= 0.3 is 0 Å². The van der Waals surface area contributed by atoms with Crippen LogP contribution in [0.2, 0.25) is 0 Å². The first-order chi connectivity index (χ1) is 13.1. The van der Waals surface area contributed by atoms with Crippen molar-refractivity contribution in [3.05, 3.63) is 42.7 Å². The van der Waals surface area contributed by atoms with Gasteiger partial charge in [0, 0.05) is 56.3 Å². The van der Waals surface area contributed by atoms with E-state index in [9.17, 15) is 9.59 Å². The van der Waals surface area contributed by atoms with E-state index in [1.807, 2.05) is 23.1 Å². The second-order valence-electron chi connectivity index (χ2n) is 7.79. The molecule has 6 heteroatoms. The number of hydrogen-bond donors (Lipinski definition) is 1. The number of amides is 2. The second kappa shape index (κ2) is 9.13. The Morgan fingerprint density at radius 1 is 1.33 bits per heavy atom. The molecule has 3 heterocycles. The fourth-order valence-corrected chi connectivity index (χ4v) is 4.32. The van der Waals surface area contributed by atoms with E-state index in [1.165, 1.54) is 0 Å². The van der Waals surface area contributed by atoms with E-state index in [-0.39, 0.29) is 17.2 Å². The van der Waals surface area contributed by atoms with Crippen LogP contribution in [-0.2, 0) is 16.0 Å². The Balaban J connectivity index is 1.57. The van der Waals surface area contributed by atoms with E-state index in [1.54, 1.807) is 12.3 Å². The summed E-state index contributed by atoms with van der Waals surface area (Å²) in [6.07, 6.45) is 8.03. The van der Waals surface area contributed by atoms with Crippen LogP contribution in [0.25, 0.3) is 0 Å². The molecule has 0 bridgehead atoms. The first kappa shape index (κ1) is 19.5. The third-order valence-electron chi connectivity index (χ3n) is 5.66. The van der Waals surface area contributed by atoms with Crippen molar-refractivity contribution in [3.63, 3.8) is 0 Å². The van der Waals surface area contributed by atoms with Crippen molar-refractivity contribution in [1.29, 1.82) is 0 Å². The third kappa shape index (κ3) is 5.39. The molecule has 1 aromatic heterocycles. The molecule has 0 radical (unpaired) electrons. The minimum absolute atomic E-state index is 0.0471. The summed E-state index contributed by atoms with van der Waals surface area (Å²) in [5.74, 6) is 0.295. The highest BCUT2D eigenvalue weighted by atomic mass is 16.2. The van der Waals surface area contributed by atoms with Gasteiger partial charge in [0.05, 0.1) is 6.54 Å². The Morgan fingerprint density at radius 3 is 3.00 bits per heavy atom. The molecule has 146 valence electrons. The Labute approximate surface area is 161 Å². The van der Waals surface area contributed by atoms with Crippen molar-refractivity contribution in [2.45, 2.75) is 32.1 Å². The Bertz CT molecular complexity index is 663. The van der Waals surface area contributed by atoms with Crippen LogP contribution in [-0.4, -0.2) is 65.9 Å². The molecule has 0 saturated carbocycles. The van der Waals surface area contributed by atoms with Gasteiger partial charge in [0.25, 0.3) is 0 Å². The number of carbonyl (C=O) groups excluding carboxylic acids is 2. The second-order valence-corrected chi connectivity index (χ2v) is 7.79. The zero-order valence-corrected chi connectivity index (χ0v) is 16.0. The first-order valence-corrected chi connectivity index (χ1v) is 9.88. The van der Waals surface area contributed by atoms with Crippen molar-refractivity contribution in [2.75, 3.05) is 39.3 Å². The quantitative estimate of drug-likeness (QED) is 0.741. The van der Waals surface area contributed by atoms with Gasteiger partial charge in [-0.2, -0.15) is 0 Å². The maximum absolute atomic E-state index is 12.4. The summed E-state index contributed by atoms with van der Waals surface area (Å²) in [5.41, 5.74) is 1.14. The minimum atomic E-state index is 0.0471. The van der Waals surface area contributed by atoms with Crippen LogP contribution in [0.5, 0.6) is 0 Å². The van der Waals surface area contributed by atoms with E-state index >= 15 is 0 Å². The molecule has 0 unspecified atom stereocenters. The van der Waals surface area contributed by atoms with Gasteiger partial charge in [0.2, 0.25) is 11.8 Å². The van der Waals surface area contributed by atoms with E-state index < -0.39 is 0 Å². The summed E-state index contributed by atoms with van der Waals surface area (Å²) in [5, 5.41) is 2.86. The Morgan fingerprint density at radius 2 is 2.22 bits per heavy atom. The average Bonchev–Trinajstić information content (AvgIpc) is 2.68. The third-order valence-corrected chi connectivity index (χ3v) is 5.66. The molecule has 1 aromatic rings. The molecule has 1 N–H and O–H groups in total. The lowest BCUT2D eigenvalue weighted by atomic mass is 9.73. The summed E-state index contributed by atoms with van der Waals surface area (Å²) < 4.78 is 0. The lowest BCUT2D eigenvalue weighted by Gasteiger charge is -2.48. The maximum Gasteiger partial charge on any atom is 0.234 e. The van der Waals surface area contributed by atoms with Crippen LogP contribution in [0.15, 0.2) is 37.1 Å². The van der Waals surface area contributed by atoms with E-state index in [2.05, 4.69) is 21.8 Å². The molecule has 0 aliphatic carbocycles. The van der Waals surface area contributed by atoms with Gasteiger partial charge < -0.3 is 10.2 Å². The molecule has 1 atom stereocenters. The summed E-state index contributed by atoms with van der Waals surface area (Å²) in [6, 6.07) is 5.90. The molecule has 0 aromatic carbocycles. The van der Waals surface area contributed by atoms with Gasteiger partial charge in [-0.25, -0.2) is 0 Å². The fourth-order valence-electron chi connectivity index (χ4n) is 4.32. The van der Waals surface area contributed by atoms with Gasteiger partial charge in [-0.15, -0.1) is 6.58 Å². The number of hydrogen-bond acceptors (Lipinski definition) is 4. The zero-order valence-electron chi connectivity index (χ0n) is 16.0. The number of likely N-dealkylation sites (tertiary alicyclic amines) is 2. The van der Waals surface area contributed by atoms with E-state index in [0.717, 1.165) is 57.6 Å². The topological polar surface area (TPSA) is 65.5 Å². The number of nitrogens with zero attached hydrogens (tertiary/aromatic N) is 3. The number of carbonyl (C=O) groups is 2. The standard InChI is InChI=1S/C21H30N4O2/c1-2-11-23-19(26)15-24-13-5-9-21(16-24)10-7-20(27)25(17-21)14-8-18-6-3-4-12-22-18/h2-4,6,12H,1,5,7-11,13-17H2,(H,23,26)/t21-/m1/s1. The summed E-state index contributed by atoms with van der Waals surface area (Å²) >= 11 is 0. The van der Waals surface area contributed by atoms with Gasteiger partial charge in [-0.05, 0) is 37.9 Å². The summed E-state index contributed by atoms with van der Waals surface area (Å²) in [7, 11) is 0. The Kier molecular flexibility index (Phi) is 6.61. The largest absolute Gasteiger partial charge is 0.352 e. The van der Waals surface area contributed by atoms with Crippen LogP contribution in [0.4, 0.5) is 0 Å². The number of aromatic nitrogens is 1. The SMILES string of the molecule is C=CCNC(=O)CN1CCC[C@@]2(CCC(=O)N(CCc3ccccn3)C2)C1. The normalized spacial score (nSPS) is 23.4. The van der Waals surface area contributed by atoms with Crippen molar-refractivity contribution in [2.24, 2.45) is 5.41 Å². The molecular formula is C21H30N4O2. The molecule has 1 spiro atoms. The number of pyridine rings is 1. The maximum atomic E-state index is 12.4. The molecule has 2 aliphatic rings. The number of piperidine rings is 2. The lowest BCUT2D eigenvalue weighted by molar-refractivity contribution is -0.140. The molecule has 2 amide bonds. The smallest absolute Gasteiger partial charge is 0.234 e. The first-order valence-electron chi connectivity index (χ1n) is 9.88. The van der Waals surface area contributed by atoms with Crippen LogP contribution >= 0.6 is 0 Å². The molecule has 2 aliphatic heterocycles. The summed E-state index contributed by atoms with van der Waals surface area (Å²) in [6.45, 7) is 7.92. The number of nitrogens with one attached hydrogen (secondary N) is 1. The highest BCUT2D eigenvalue weighted by molar-refractivity contribution is 5.78. The van der Waals surface area contributed by atoms with Crippen LogP contribution in [0.3, 0.4) is 0 Å². The van der Waals surface area contributed by atoms with E-state index in [0.29, 0.717) is 19.5 Å². The summed E-state index contributed by atoms with van der Waals surface area (Å²) in [4.78, 5) is 33.1. The van der Waals surface area contributed by atoms with Crippen molar-refractivity contribution < 1.29 is 9.59 Å². The van der Waals surface area contributed by atoms with Crippen LogP contribution in [0.1, 0.15) is 31.4 Å². The van der Waals surface area contributed by atoms with Crippen LogP contribution in [0, 0.1) is 5.41 Å². The zero-order chi connectivity index (χ0) is 19.1. The highest BCUT2D eigenvalue weighted by Gasteiger charge is 2.41. The van der Waals surface area contributed by atoms with Crippen molar-refractivity contribution in [1.82, 2.24) is 20.1 Å². The predicted octanol–water partition coefficient (Wildman–Crippen LogP) is 1.63. The van der Waals surface area contributed by atoms with Crippen molar-refractivity contribution in [3.8, 4) is 0 Å². The van der Waals surface area contributed by atoms with Gasteiger partial charge in [0.15, 0.2) is 0 Å². The molecule has 27 heavy (non-hydrogen) atoms. The highest BCUT2D eigenvalue weighted by Crippen LogP contribution is 2.38. The average molecular weight is 370 g/mol. The predicted molar refractivity (Wildman–Crippen MR) is 105 cm³/mol. The van der Waals surface area contributed by atoms with E-state index in [4.69, 9.17) is 0 Å². The van der Waals surface area contributed by atoms with Gasteiger partial charge in [-0.3, -0.25) is 19.5 Å².